The first-order valence-corrected chi connectivity index (χ1v) is 9.41. The maximum atomic E-state index is 14.4. The number of ether oxygens (including phenoxy) is 2. The summed E-state index contributed by atoms with van der Waals surface area (Å²) >= 11 is 5.88. The number of hydrogen-bond donors (Lipinski definition) is 2. The third kappa shape index (κ3) is 3.55. The van der Waals surface area contributed by atoms with Crippen LogP contribution < -0.4 is 20.5 Å². The fourth-order valence-corrected chi connectivity index (χ4v) is 3.48. The molecule has 3 aromatic rings. The van der Waals surface area contributed by atoms with E-state index in [1.165, 1.54) is 6.07 Å². The molecule has 28 heavy (non-hydrogen) atoms. The van der Waals surface area contributed by atoms with Gasteiger partial charge in [0.05, 0.1) is 23.2 Å². The standard InChI is InChI=1S/C20H20ClFN4O2/c1-27-16-9-15-13(8-17(16)28-11-4-3-7-24-10-11)19(23)26-20(25-15)12-5-2-6-14(21)18(12)22/h2,5-6,8-9,11,24H,3-4,7,10H2,1H3,(H2,23,25,26)/t11-/m1/s1. The van der Waals surface area contributed by atoms with Crippen LogP contribution in [0.25, 0.3) is 22.3 Å². The van der Waals surface area contributed by atoms with Crippen LogP contribution in [-0.4, -0.2) is 36.3 Å². The lowest BCUT2D eigenvalue weighted by molar-refractivity contribution is 0.161. The number of benzene rings is 2. The molecule has 1 aliphatic heterocycles. The fraction of sp³-hybridized carbons (Fsp3) is 0.300. The first-order valence-electron chi connectivity index (χ1n) is 9.04. The molecule has 0 radical (unpaired) electrons. The van der Waals surface area contributed by atoms with E-state index in [9.17, 15) is 4.39 Å². The van der Waals surface area contributed by atoms with Gasteiger partial charge in [0.25, 0.3) is 0 Å². The Kier molecular flexibility index (Phi) is 5.19. The zero-order valence-electron chi connectivity index (χ0n) is 15.3. The fourth-order valence-electron chi connectivity index (χ4n) is 3.31. The number of anilines is 1. The Bertz CT molecular complexity index is 1020. The molecule has 0 saturated carbocycles. The predicted octanol–water partition coefficient (Wildman–Crippen LogP) is 3.81. The van der Waals surface area contributed by atoms with Crippen molar-refractivity contribution < 1.29 is 13.9 Å². The van der Waals surface area contributed by atoms with Gasteiger partial charge in [0.15, 0.2) is 23.1 Å². The average Bonchev–Trinajstić information content (AvgIpc) is 2.70. The highest BCUT2D eigenvalue weighted by molar-refractivity contribution is 6.31. The van der Waals surface area contributed by atoms with Gasteiger partial charge >= 0.3 is 0 Å². The van der Waals surface area contributed by atoms with Crippen LogP contribution >= 0.6 is 11.6 Å². The van der Waals surface area contributed by atoms with E-state index < -0.39 is 5.82 Å². The van der Waals surface area contributed by atoms with Crippen molar-refractivity contribution in [3.63, 3.8) is 0 Å². The van der Waals surface area contributed by atoms with E-state index in [4.69, 9.17) is 26.8 Å². The number of hydrogen-bond acceptors (Lipinski definition) is 6. The number of piperidine rings is 1. The predicted molar refractivity (Wildman–Crippen MR) is 107 cm³/mol. The van der Waals surface area contributed by atoms with Gasteiger partial charge in [0.1, 0.15) is 11.9 Å². The molecule has 1 saturated heterocycles. The summed E-state index contributed by atoms with van der Waals surface area (Å²) in [5, 5.41) is 3.93. The zero-order valence-corrected chi connectivity index (χ0v) is 16.1. The van der Waals surface area contributed by atoms with Gasteiger partial charge in [-0.25, -0.2) is 14.4 Å². The number of methoxy groups -OCH3 is 1. The molecule has 8 heteroatoms. The second-order valence-electron chi connectivity index (χ2n) is 6.64. The Balaban J connectivity index is 1.78. The molecule has 2 aromatic carbocycles. The summed E-state index contributed by atoms with van der Waals surface area (Å²) in [5.41, 5.74) is 6.88. The minimum atomic E-state index is -0.584. The number of fused-ring (bicyclic) bond motifs is 1. The number of nitrogens with zero attached hydrogens (tertiary/aromatic N) is 2. The molecule has 1 atom stereocenters. The van der Waals surface area contributed by atoms with Crippen LogP contribution in [0.2, 0.25) is 5.02 Å². The highest BCUT2D eigenvalue weighted by Gasteiger charge is 2.19. The largest absolute Gasteiger partial charge is 0.493 e. The maximum absolute atomic E-state index is 14.4. The van der Waals surface area contributed by atoms with E-state index >= 15 is 0 Å². The van der Waals surface area contributed by atoms with E-state index in [1.54, 1.807) is 31.4 Å². The molecule has 0 bridgehead atoms. The minimum Gasteiger partial charge on any atom is -0.493 e. The molecule has 1 fully saturated rings. The zero-order chi connectivity index (χ0) is 19.7. The minimum absolute atomic E-state index is 0.00203. The summed E-state index contributed by atoms with van der Waals surface area (Å²) in [6, 6.07) is 8.17. The first kappa shape index (κ1) is 18.7. The van der Waals surface area contributed by atoms with Crippen molar-refractivity contribution >= 4 is 28.3 Å². The van der Waals surface area contributed by atoms with Crippen molar-refractivity contribution in [2.24, 2.45) is 0 Å². The highest BCUT2D eigenvalue weighted by atomic mass is 35.5. The Hall–Kier alpha value is -2.64. The van der Waals surface area contributed by atoms with E-state index in [-0.39, 0.29) is 28.3 Å². The quantitative estimate of drug-likeness (QED) is 0.690. The van der Waals surface area contributed by atoms with Gasteiger partial charge in [0, 0.05) is 18.0 Å². The number of nitrogen functional groups attached to an aromatic ring is 1. The molecule has 6 nitrogen and oxygen atoms in total. The van der Waals surface area contributed by atoms with Crippen molar-refractivity contribution in [2.45, 2.75) is 18.9 Å². The van der Waals surface area contributed by atoms with Gasteiger partial charge in [0.2, 0.25) is 0 Å². The Morgan fingerprint density at radius 2 is 2.11 bits per heavy atom. The molecule has 4 rings (SSSR count). The summed E-state index contributed by atoms with van der Waals surface area (Å²) < 4.78 is 26.0. The average molecular weight is 403 g/mol. The maximum Gasteiger partial charge on any atom is 0.165 e. The van der Waals surface area contributed by atoms with Gasteiger partial charge in [-0.1, -0.05) is 17.7 Å². The van der Waals surface area contributed by atoms with Gasteiger partial charge in [-0.15, -0.1) is 0 Å². The monoisotopic (exact) mass is 402 g/mol. The Labute approximate surface area is 166 Å². The molecule has 146 valence electrons. The van der Waals surface area contributed by atoms with E-state index in [1.807, 2.05) is 0 Å². The van der Waals surface area contributed by atoms with Crippen LogP contribution in [0, 0.1) is 5.82 Å². The number of nitrogens with two attached hydrogens (primary N) is 1. The SMILES string of the molecule is COc1cc2nc(-c3cccc(Cl)c3F)nc(N)c2cc1O[C@@H]1CCCNC1. The number of halogens is 2. The van der Waals surface area contributed by atoms with Gasteiger partial charge in [-0.2, -0.15) is 0 Å². The Morgan fingerprint density at radius 3 is 2.86 bits per heavy atom. The van der Waals surface area contributed by atoms with Crippen LogP contribution in [0.5, 0.6) is 11.5 Å². The van der Waals surface area contributed by atoms with Crippen molar-refractivity contribution in [3.05, 3.63) is 41.2 Å². The molecule has 0 aliphatic carbocycles. The van der Waals surface area contributed by atoms with E-state index in [0.717, 1.165) is 25.9 Å². The number of rotatable bonds is 4. The van der Waals surface area contributed by atoms with Gasteiger partial charge < -0.3 is 20.5 Å². The van der Waals surface area contributed by atoms with Gasteiger partial charge in [-0.3, -0.25) is 0 Å². The lowest BCUT2D eigenvalue weighted by atomic mass is 10.1. The molecule has 0 amide bonds. The summed E-state index contributed by atoms with van der Waals surface area (Å²) in [7, 11) is 1.56. The third-order valence-electron chi connectivity index (χ3n) is 4.75. The van der Waals surface area contributed by atoms with Crippen molar-refractivity contribution in [1.29, 1.82) is 0 Å². The van der Waals surface area contributed by atoms with Crippen molar-refractivity contribution in [1.82, 2.24) is 15.3 Å². The molecule has 2 heterocycles. The highest BCUT2D eigenvalue weighted by Crippen LogP contribution is 2.36. The number of aromatic nitrogens is 2. The molecule has 0 unspecified atom stereocenters. The molecule has 1 aromatic heterocycles. The third-order valence-corrected chi connectivity index (χ3v) is 5.04. The van der Waals surface area contributed by atoms with Crippen molar-refractivity contribution in [3.8, 4) is 22.9 Å². The molecular formula is C20H20ClFN4O2. The molecular weight excluding hydrogens is 383 g/mol. The summed E-state index contributed by atoms with van der Waals surface area (Å²) in [6.07, 6.45) is 2.08. The second kappa shape index (κ2) is 7.77. The summed E-state index contributed by atoms with van der Waals surface area (Å²) in [5.74, 6) is 0.930. The smallest absolute Gasteiger partial charge is 0.165 e. The lowest BCUT2D eigenvalue weighted by Crippen LogP contribution is -2.37. The lowest BCUT2D eigenvalue weighted by Gasteiger charge is -2.25. The van der Waals surface area contributed by atoms with E-state index in [2.05, 4.69) is 15.3 Å². The summed E-state index contributed by atoms with van der Waals surface area (Å²) in [6.45, 7) is 1.78. The number of nitrogens with one attached hydrogen (secondary N) is 1. The van der Waals surface area contributed by atoms with E-state index in [0.29, 0.717) is 22.4 Å². The van der Waals surface area contributed by atoms with Crippen LogP contribution in [-0.2, 0) is 0 Å². The summed E-state index contributed by atoms with van der Waals surface area (Å²) in [4.78, 5) is 8.74. The Morgan fingerprint density at radius 1 is 1.25 bits per heavy atom. The van der Waals surface area contributed by atoms with Crippen LogP contribution in [0.4, 0.5) is 10.2 Å². The molecule has 3 N–H and O–H groups in total. The topological polar surface area (TPSA) is 82.3 Å². The van der Waals surface area contributed by atoms with Crippen LogP contribution in [0.15, 0.2) is 30.3 Å². The molecule has 1 aliphatic rings. The molecule has 0 spiro atoms. The normalized spacial score (nSPS) is 16.9. The first-order chi connectivity index (χ1) is 13.6. The second-order valence-corrected chi connectivity index (χ2v) is 7.05. The van der Waals surface area contributed by atoms with Gasteiger partial charge in [-0.05, 0) is 37.6 Å². The van der Waals surface area contributed by atoms with Crippen LogP contribution in [0.1, 0.15) is 12.8 Å². The van der Waals surface area contributed by atoms with Crippen LogP contribution in [0.3, 0.4) is 0 Å². The van der Waals surface area contributed by atoms with Crippen molar-refractivity contribution in [2.75, 3.05) is 25.9 Å².